The van der Waals surface area contributed by atoms with Gasteiger partial charge in [-0.2, -0.15) is 0 Å². The van der Waals surface area contributed by atoms with Gasteiger partial charge in [0.2, 0.25) is 5.89 Å². The highest BCUT2D eigenvalue weighted by molar-refractivity contribution is 5.76. The van der Waals surface area contributed by atoms with Gasteiger partial charge in [-0.1, -0.05) is 13.3 Å². The average molecular weight is 259 g/mol. The summed E-state index contributed by atoms with van der Waals surface area (Å²) >= 11 is 0. The third-order valence-electron chi connectivity index (χ3n) is 3.66. The molecule has 0 amide bonds. The molecule has 19 heavy (non-hydrogen) atoms. The quantitative estimate of drug-likeness (QED) is 0.809. The van der Waals surface area contributed by atoms with E-state index in [2.05, 4.69) is 16.8 Å². The van der Waals surface area contributed by atoms with Crippen LogP contribution in [0.15, 0.2) is 22.6 Å². The van der Waals surface area contributed by atoms with Crippen molar-refractivity contribution in [3.05, 3.63) is 24.1 Å². The molecule has 0 atom stereocenters. The summed E-state index contributed by atoms with van der Waals surface area (Å²) in [5, 5.41) is 0. The Morgan fingerprint density at radius 2 is 2.26 bits per heavy atom. The lowest BCUT2D eigenvalue weighted by Gasteiger charge is -2.19. The van der Waals surface area contributed by atoms with E-state index >= 15 is 0 Å². The number of rotatable bonds is 6. The van der Waals surface area contributed by atoms with Gasteiger partial charge < -0.3 is 10.2 Å². The second-order valence-corrected chi connectivity index (χ2v) is 5.39. The van der Waals surface area contributed by atoms with Crippen molar-refractivity contribution < 1.29 is 4.42 Å². The van der Waals surface area contributed by atoms with Gasteiger partial charge in [-0.15, -0.1) is 0 Å². The monoisotopic (exact) mass is 259 g/mol. The Morgan fingerprint density at radius 3 is 3.00 bits per heavy atom. The summed E-state index contributed by atoms with van der Waals surface area (Å²) in [6.07, 6.45) is 5.10. The maximum Gasteiger partial charge on any atom is 0.209 e. The van der Waals surface area contributed by atoms with Gasteiger partial charge in [0.25, 0.3) is 0 Å². The first kappa shape index (κ1) is 12.5. The third kappa shape index (κ3) is 2.89. The lowest BCUT2D eigenvalue weighted by molar-refractivity contribution is 0.228. The van der Waals surface area contributed by atoms with E-state index in [1.807, 2.05) is 18.2 Å². The molecular formula is C15H21N3O. The minimum absolute atomic E-state index is 0.734. The van der Waals surface area contributed by atoms with Crippen LogP contribution in [0.25, 0.3) is 11.1 Å². The molecule has 4 heteroatoms. The number of oxazole rings is 1. The fraction of sp³-hybridized carbons (Fsp3) is 0.533. The van der Waals surface area contributed by atoms with Gasteiger partial charge >= 0.3 is 0 Å². The Labute approximate surface area is 113 Å². The number of nitrogens with zero attached hydrogens (tertiary/aromatic N) is 2. The molecule has 0 saturated heterocycles. The highest BCUT2D eigenvalue weighted by Crippen LogP contribution is 2.29. The predicted octanol–water partition coefficient (Wildman–Crippen LogP) is 3.17. The number of unbranched alkanes of at least 4 members (excludes halogenated alkanes) is 1. The zero-order valence-corrected chi connectivity index (χ0v) is 11.4. The van der Waals surface area contributed by atoms with Gasteiger partial charge in [0.15, 0.2) is 5.58 Å². The van der Waals surface area contributed by atoms with Crippen LogP contribution in [0.4, 0.5) is 5.69 Å². The van der Waals surface area contributed by atoms with Crippen molar-refractivity contribution >= 4 is 16.8 Å². The molecule has 1 saturated carbocycles. The molecule has 1 fully saturated rings. The molecule has 4 nitrogen and oxygen atoms in total. The van der Waals surface area contributed by atoms with E-state index in [9.17, 15) is 0 Å². The third-order valence-corrected chi connectivity index (χ3v) is 3.66. The summed E-state index contributed by atoms with van der Waals surface area (Å²) in [5.41, 5.74) is 8.19. The number of nitrogens with two attached hydrogens (primary N) is 1. The number of hydrogen-bond acceptors (Lipinski definition) is 4. The second-order valence-electron chi connectivity index (χ2n) is 5.39. The highest BCUT2D eigenvalue weighted by atomic mass is 16.3. The Morgan fingerprint density at radius 1 is 1.42 bits per heavy atom. The van der Waals surface area contributed by atoms with E-state index in [0.29, 0.717) is 0 Å². The van der Waals surface area contributed by atoms with Crippen LogP contribution < -0.4 is 5.73 Å². The molecule has 1 aliphatic rings. The molecule has 2 N–H and O–H groups in total. The van der Waals surface area contributed by atoms with Crippen molar-refractivity contribution in [2.75, 3.05) is 12.3 Å². The van der Waals surface area contributed by atoms with Crippen molar-refractivity contribution in [3.63, 3.8) is 0 Å². The molecule has 2 aromatic rings. The molecule has 3 rings (SSSR count). The van der Waals surface area contributed by atoms with E-state index in [0.717, 1.165) is 41.8 Å². The fourth-order valence-corrected chi connectivity index (χ4v) is 2.43. The van der Waals surface area contributed by atoms with Crippen molar-refractivity contribution in [2.24, 2.45) is 0 Å². The Balaban J connectivity index is 1.75. The summed E-state index contributed by atoms with van der Waals surface area (Å²) in [7, 11) is 0. The lowest BCUT2D eigenvalue weighted by atomic mass is 10.3. The number of anilines is 1. The van der Waals surface area contributed by atoms with Crippen molar-refractivity contribution in [1.29, 1.82) is 0 Å². The molecule has 1 heterocycles. The maximum atomic E-state index is 5.80. The number of benzene rings is 1. The van der Waals surface area contributed by atoms with Crippen molar-refractivity contribution in [3.8, 4) is 0 Å². The molecule has 1 aliphatic carbocycles. The smallest absolute Gasteiger partial charge is 0.209 e. The summed E-state index contributed by atoms with van der Waals surface area (Å²) in [4.78, 5) is 7.04. The average Bonchev–Trinajstić information content (AvgIpc) is 3.15. The van der Waals surface area contributed by atoms with Crippen LogP contribution in [0.5, 0.6) is 0 Å². The van der Waals surface area contributed by atoms with E-state index in [1.54, 1.807) is 0 Å². The first-order valence-corrected chi connectivity index (χ1v) is 7.15. The molecule has 0 unspecified atom stereocenters. The van der Waals surface area contributed by atoms with Crippen molar-refractivity contribution in [1.82, 2.24) is 9.88 Å². The fourth-order valence-electron chi connectivity index (χ4n) is 2.43. The molecular weight excluding hydrogens is 238 g/mol. The Bertz CT molecular complexity index is 560. The van der Waals surface area contributed by atoms with Gasteiger partial charge in [0.05, 0.1) is 6.54 Å². The predicted molar refractivity (Wildman–Crippen MR) is 76.8 cm³/mol. The van der Waals surface area contributed by atoms with Crippen LogP contribution in [0, 0.1) is 0 Å². The van der Waals surface area contributed by atoms with Gasteiger partial charge in [0.1, 0.15) is 5.52 Å². The van der Waals surface area contributed by atoms with Crippen molar-refractivity contribution in [2.45, 2.75) is 45.2 Å². The molecule has 0 spiro atoms. The van der Waals surface area contributed by atoms with E-state index < -0.39 is 0 Å². The SMILES string of the molecule is CCCCN(Cc1nc2cc(N)ccc2o1)C1CC1. The number of nitrogen functional groups attached to an aromatic ring is 1. The van der Waals surface area contributed by atoms with E-state index in [1.165, 1.54) is 25.7 Å². The summed E-state index contributed by atoms with van der Waals surface area (Å²) in [5.74, 6) is 0.809. The number of fused-ring (bicyclic) bond motifs is 1. The first-order chi connectivity index (χ1) is 9.26. The van der Waals surface area contributed by atoms with Gasteiger partial charge in [0, 0.05) is 11.7 Å². The molecule has 0 bridgehead atoms. The largest absolute Gasteiger partial charge is 0.439 e. The summed E-state index contributed by atoms with van der Waals surface area (Å²) in [6.45, 7) is 4.19. The Hall–Kier alpha value is -1.55. The first-order valence-electron chi connectivity index (χ1n) is 7.15. The number of hydrogen-bond donors (Lipinski definition) is 1. The molecule has 102 valence electrons. The lowest BCUT2D eigenvalue weighted by Crippen LogP contribution is -2.26. The van der Waals surface area contributed by atoms with Crippen LogP contribution in [0.1, 0.15) is 38.5 Å². The van der Waals surface area contributed by atoms with Crippen LogP contribution in [-0.4, -0.2) is 22.5 Å². The summed E-state index contributed by atoms with van der Waals surface area (Å²) in [6, 6.07) is 6.36. The van der Waals surface area contributed by atoms with E-state index in [4.69, 9.17) is 10.2 Å². The topological polar surface area (TPSA) is 55.3 Å². The minimum atomic E-state index is 0.734. The molecule has 0 aliphatic heterocycles. The van der Waals surface area contributed by atoms with Gasteiger partial charge in [-0.05, 0) is 44.0 Å². The highest BCUT2D eigenvalue weighted by Gasteiger charge is 2.29. The zero-order valence-electron chi connectivity index (χ0n) is 11.4. The van der Waals surface area contributed by atoms with Crippen LogP contribution in [0.3, 0.4) is 0 Å². The minimum Gasteiger partial charge on any atom is -0.439 e. The maximum absolute atomic E-state index is 5.80. The molecule has 1 aromatic carbocycles. The van der Waals surface area contributed by atoms with Crippen LogP contribution in [0.2, 0.25) is 0 Å². The van der Waals surface area contributed by atoms with Crippen LogP contribution in [-0.2, 0) is 6.54 Å². The van der Waals surface area contributed by atoms with Crippen LogP contribution >= 0.6 is 0 Å². The zero-order chi connectivity index (χ0) is 13.2. The molecule has 0 radical (unpaired) electrons. The normalized spacial score (nSPS) is 15.5. The second kappa shape index (κ2) is 5.21. The number of aromatic nitrogens is 1. The van der Waals surface area contributed by atoms with E-state index in [-0.39, 0.29) is 0 Å². The standard InChI is InChI=1S/C15H21N3O/c1-2-3-8-18(12-5-6-12)10-15-17-13-9-11(16)4-7-14(13)19-15/h4,7,9,12H,2-3,5-6,8,10,16H2,1H3. The van der Waals surface area contributed by atoms with Gasteiger partial charge in [-0.25, -0.2) is 4.98 Å². The molecule has 1 aromatic heterocycles. The summed E-state index contributed by atoms with van der Waals surface area (Å²) < 4.78 is 5.80. The Kier molecular flexibility index (Phi) is 3.42. The van der Waals surface area contributed by atoms with Gasteiger partial charge in [-0.3, -0.25) is 4.90 Å².